The third kappa shape index (κ3) is 3.78. The summed E-state index contributed by atoms with van der Waals surface area (Å²) < 4.78 is 11.1. The maximum absolute atomic E-state index is 12.7. The van der Waals surface area contributed by atoms with Crippen LogP contribution in [0.5, 0.6) is 5.75 Å². The first-order chi connectivity index (χ1) is 12.5. The van der Waals surface area contributed by atoms with Gasteiger partial charge in [-0.05, 0) is 72.3 Å². The second-order valence-electron chi connectivity index (χ2n) is 5.94. The lowest BCUT2D eigenvalue weighted by atomic mass is 9.95. The summed E-state index contributed by atoms with van der Waals surface area (Å²) in [5, 5.41) is 3.46. The average molecular weight is 438 g/mol. The largest absolute Gasteiger partial charge is 0.493 e. The molecule has 0 radical (unpaired) electrons. The molecule has 1 amide bonds. The molecule has 7 heteroatoms. The molecular weight excluding hydrogens is 418 g/mol. The Labute approximate surface area is 164 Å². The van der Waals surface area contributed by atoms with Crippen LogP contribution < -0.4 is 10.1 Å². The van der Waals surface area contributed by atoms with Crippen molar-refractivity contribution < 1.29 is 19.1 Å². The Morgan fingerprint density at radius 2 is 2.04 bits per heavy atom. The van der Waals surface area contributed by atoms with Crippen LogP contribution in [0.4, 0.5) is 5.00 Å². The molecule has 0 bridgehead atoms. The summed E-state index contributed by atoms with van der Waals surface area (Å²) in [5.41, 5.74) is 2.02. The molecule has 3 rings (SSSR count). The molecule has 1 N–H and O–H groups in total. The molecule has 26 heavy (non-hydrogen) atoms. The number of amides is 1. The number of hydrogen-bond acceptors (Lipinski definition) is 5. The molecule has 0 saturated carbocycles. The van der Waals surface area contributed by atoms with Gasteiger partial charge in [0.25, 0.3) is 5.91 Å². The van der Waals surface area contributed by atoms with E-state index in [9.17, 15) is 9.59 Å². The van der Waals surface area contributed by atoms with Crippen molar-refractivity contribution in [2.45, 2.75) is 32.6 Å². The standard InChI is InChI=1S/C19H20BrNO4S/c1-3-25-14-9-8-11(10-13(14)20)17(22)21-18-16(19(23)24-2)12-6-4-5-7-15(12)26-18/h8-10H,3-7H2,1-2H3,(H,21,22). The Balaban J connectivity index is 1.89. The number of halogens is 1. The Kier molecular flexibility index (Phi) is 5.98. The molecule has 1 aliphatic carbocycles. The minimum Gasteiger partial charge on any atom is -0.493 e. The van der Waals surface area contributed by atoms with Crippen LogP contribution in [0.1, 0.15) is 50.9 Å². The van der Waals surface area contributed by atoms with E-state index in [1.165, 1.54) is 23.3 Å². The van der Waals surface area contributed by atoms with Crippen LogP contribution in [0, 0.1) is 0 Å². The van der Waals surface area contributed by atoms with Gasteiger partial charge in [0.15, 0.2) is 0 Å². The van der Waals surface area contributed by atoms with Gasteiger partial charge in [-0.15, -0.1) is 11.3 Å². The van der Waals surface area contributed by atoms with Crippen molar-refractivity contribution in [1.82, 2.24) is 0 Å². The van der Waals surface area contributed by atoms with E-state index in [1.54, 1.807) is 18.2 Å². The van der Waals surface area contributed by atoms with E-state index >= 15 is 0 Å². The van der Waals surface area contributed by atoms with Gasteiger partial charge in [-0.25, -0.2) is 4.79 Å². The number of thiophene rings is 1. The third-order valence-corrected chi connectivity index (χ3v) is 6.11. The predicted molar refractivity (Wildman–Crippen MR) is 106 cm³/mol. The van der Waals surface area contributed by atoms with Gasteiger partial charge in [-0.3, -0.25) is 4.79 Å². The first-order valence-electron chi connectivity index (χ1n) is 8.51. The van der Waals surface area contributed by atoms with Gasteiger partial charge in [0, 0.05) is 10.4 Å². The number of ether oxygens (including phenoxy) is 2. The smallest absolute Gasteiger partial charge is 0.341 e. The minimum atomic E-state index is -0.396. The lowest BCUT2D eigenvalue weighted by Crippen LogP contribution is -2.15. The maximum atomic E-state index is 12.7. The zero-order chi connectivity index (χ0) is 18.7. The van der Waals surface area contributed by atoms with Crippen molar-refractivity contribution >= 4 is 44.1 Å². The minimum absolute atomic E-state index is 0.266. The van der Waals surface area contributed by atoms with Gasteiger partial charge in [-0.1, -0.05) is 0 Å². The molecular formula is C19H20BrNO4S. The lowest BCUT2D eigenvalue weighted by Gasteiger charge is -2.12. The van der Waals surface area contributed by atoms with E-state index < -0.39 is 5.97 Å². The van der Waals surface area contributed by atoms with Crippen molar-refractivity contribution in [3.63, 3.8) is 0 Å². The molecule has 0 spiro atoms. The topological polar surface area (TPSA) is 64.6 Å². The van der Waals surface area contributed by atoms with Crippen LogP contribution in [0.25, 0.3) is 0 Å². The molecule has 0 unspecified atom stereocenters. The molecule has 0 atom stereocenters. The van der Waals surface area contributed by atoms with Gasteiger partial charge in [0.1, 0.15) is 10.8 Å². The fourth-order valence-corrected chi connectivity index (χ4v) is 4.83. The van der Waals surface area contributed by atoms with Gasteiger partial charge >= 0.3 is 5.97 Å². The van der Waals surface area contributed by atoms with Crippen molar-refractivity contribution in [3.8, 4) is 5.75 Å². The Morgan fingerprint density at radius 3 is 2.73 bits per heavy atom. The predicted octanol–water partition coefficient (Wildman–Crippen LogP) is 4.83. The summed E-state index contributed by atoms with van der Waals surface area (Å²) in [4.78, 5) is 26.1. The SMILES string of the molecule is CCOc1ccc(C(=O)Nc2sc3c(c2C(=O)OC)CCCC3)cc1Br. The van der Waals surface area contributed by atoms with Crippen LogP contribution in [0.2, 0.25) is 0 Å². The van der Waals surface area contributed by atoms with Crippen LogP contribution in [0.3, 0.4) is 0 Å². The third-order valence-electron chi connectivity index (χ3n) is 4.28. The Hall–Kier alpha value is -1.86. The quantitative estimate of drug-likeness (QED) is 0.680. The van der Waals surface area contributed by atoms with Gasteiger partial charge in [0.05, 0.1) is 23.8 Å². The van der Waals surface area contributed by atoms with Gasteiger partial charge in [-0.2, -0.15) is 0 Å². The molecule has 1 aromatic heterocycles. The highest BCUT2D eigenvalue weighted by Crippen LogP contribution is 2.39. The second kappa shape index (κ2) is 8.22. The summed E-state index contributed by atoms with van der Waals surface area (Å²) in [7, 11) is 1.37. The number of benzene rings is 1. The molecule has 5 nitrogen and oxygen atoms in total. The van der Waals surface area contributed by atoms with E-state index in [-0.39, 0.29) is 5.91 Å². The van der Waals surface area contributed by atoms with Crippen LogP contribution in [-0.4, -0.2) is 25.6 Å². The normalized spacial score (nSPS) is 13.0. The van der Waals surface area contributed by atoms with Crippen molar-refractivity contribution in [2.24, 2.45) is 0 Å². The van der Waals surface area contributed by atoms with E-state index in [0.717, 1.165) is 31.2 Å². The molecule has 2 aromatic rings. The summed E-state index contributed by atoms with van der Waals surface area (Å²) in [6.07, 6.45) is 3.94. The zero-order valence-corrected chi connectivity index (χ0v) is 17.1. The second-order valence-corrected chi connectivity index (χ2v) is 7.90. The number of aryl methyl sites for hydroxylation is 1. The summed E-state index contributed by atoms with van der Waals surface area (Å²) >= 11 is 4.90. The van der Waals surface area contributed by atoms with Crippen molar-refractivity contribution in [2.75, 3.05) is 19.0 Å². The van der Waals surface area contributed by atoms with E-state index in [0.29, 0.717) is 33.0 Å². The number of methoxy groups -OCH3 is 1. The summed E-state index contributed by atoms with van der Waals surface area (Å²) in [6, 6.07) is 5.17. The number of fused-ring (bicyclic) bond motifs is 1. The number of rotatable bonds is 5. The number of nitrogens with one attached hydrogen (secondary N) is 1. The number of esters is 1. The van der Waals surface area contributed by atoms with Crippen LogP contribution in [-0.2, 0) is 17.6 Å². The number of hydrogen-bond donors (Lipinski definition) is 1. The first kappa shape index (κ1) is 18.9. The molecule has 0 saturated heterocycles. The fraction of sp³-hybridized carbons (Fsp3) is 0.368. The van der Waals surface area contributed by atoms with Gasteiger partial charge in [0.2, 0.25) is 0 Å². The van der Waals surface area contributed by atoms with E-state index in [1.807, 2.05) is 6.92 Å². The van der Waals surface area contributed by atoms with Crippen LogP contribution in [0.15, 0.2) is 22.7 Å². The molecule has 1 aromatic carbocycles. The first-order valence-corrected chi connectivity index (χ1v) is 10.1. The maximum Gasteiger partial charge on any atom is 0.341 e. The fourth-order valence-electron chi connectivity index (χ4n) is 3.06. The summed E-state index contributed by atoms with van der Waals surface area (Å²) in [5.74, 6) is 0.0240. The average Bonchev–Trinajstić information content (AvgIpc) is 3.00. The number of anilines is 1. The van der Waals surface area contributed by atoms with Crippen LogP contribution >= 0.6 is 27.3 Å². The highest BCUT2D eigenvalue weighted by Gasteiger charge is 2.27. The van der Waals surface area contributed by atoms with Crippen molar-refractivity contribution in [1.29, 1.82) is 0 Å². The lowest BCUT2D eigenvalue weighted by molar-refractivity contribution is 0.0601. The molecule has 138 valence electrons. The Morgan fingerprint density at radius 1 is 1.27 bits per heavy atom. The molecule has 0 aliphatic heterocycles. The molecule has 1 aliphatic rings. The number of carbonyl (C=O) groups is 2. The van der Waals surface area contributed by atoms with E-state index in [4.69, 9.17) is 9.47 Å². The summed E-state index contributed by atoms with van der Waals surface area (Å²) in [6.45, 7) is 2.45. The van der Waals surface area contributed by atoms with Gasteiger partial charge < -0.3 is 14.8 Å². The van der Waals surface area contributed by atoms with E-state index in [2.05, 4.69) is 21.2 Å². The highest BCUT2D eigenvalue weighted by molar-refractivity contribution is 9.10. The van der Waals surface area contributed by atoms with Crippen molar-refractivity contribution in [3.05, 3.63) is 44.2 Å². The highest BCUT2D eigenvalue weighted by atomic mass is 79.9. The molecule has 0 fully saturated rings. The Bertz CT molecular complexity index is 846. The monoisotopic (exact) mass is 437 g/mol. The molecule has 1 heterocycles. The number of carbonyl (C=O) groups excluding carboxylic acids is 2. The zero-order valence-electron chi connectivity index (χ0n) is 14.7.